The molecule has 0 atom stereocenters. The van der Waals surface area contributed by atoms with Crippen LogP contribution >= 0.6 is 7.92 Å². The van der Waals surface area contributed by atoms with Gasteiger partial charge in [0.2, 0.25) is 0 Å². The van der Waals surface area contributed by atoms with Gasteiger partial charge in [-0.3, -0.25) is 0 Å². The fraction of sp³-hybridized carbons (Fsp3) is 0.125. The summed E-state index contributed by atoms with van der Waals surface area (Å²) in [5, 5.41) is 4.26. The number of benzene rings is 3. The van der Waals surface area contributed by atoms with Crippen LogP contribution in [0.5, 0.6) is 0 Å². The minimum Gasteiger partial charge on any atom is -0.179 e. The van der Waals surface area contributed by atoms with Crippen LogP contribution in [-0.2, 0) is 32.3 Å². The van der Waals surface area contributed by atoms with E-state index >= 15 is 0 Å². The Hall–Kier alpha value is -1.43. The van der Waals surface area contributed by atoms with E-state index in [1.807, 2.05) is 6.07 Å². The molecule has 0 aliphatic heterocycles. The summed E-state index contributed by atoms with van der Waals surface area (Å²) in [5.74, 6) is 0. The Morgan fingerprint density at radius 2 is 1.62 bits per heavy atom. The van der Waals surface area contributed by atoms with Crippen molar-refractivity contribution in [3.05, 3.63) is 96.1 Å². The first-order chi connectivity index (χ1) is 12.2. The van der Waals surface area contributed by atoms with E-state index in [0.717, 1.165) is 6.42 Å². The summed E-state index contributed by atoms with van der Waals surface area (Å²) in [6.07, 6.45) is 1.05. The summed E-state index contributed by atoms with van der Waals surface area (Å²) >= 11 is 0. The zero-order chi connectivity index (χ0) is 17.2. The topological polar surface area (TPSA) is 0 Å². The van der Waals surface area contributed by atoms with Gasteiger partial charge < -0.3 is 0 Å². The van der Waals surface area contributed by atoms with Crippen molar-refractivity contribution in [3.63, 3.8) is 0 Å². The molecule has 1 aliphatic carbocycles. The van der Waals surface area contributed by atoms with Crippen molar-refractivity contribution in [1.82, 2.24) is 0 Å². The second kappa shape index (κ2) is 8.51. The van der Waals surface area contributed by atoms with Crippen LogP contribution in [0.2, 0.25) is 0 Å². The van der Waals surface area contributed by atoms with Gasteiger partial charge >= 0.3 is 25.8 Å². The van der Waals surface area contributed by atoms with E-state index in [4.69, 9.17) is 0 Å². The average Bonchev–Trinajstić information content (AvgIpc) is 3.24. The molecule has 0 N–H and O–H groups in total. The van der Waals surface area contributed by atoms with Crippen molar-refractivity contribution in [2.24, 2.45) is 0 Å². The third-order valence-corrected chi connectivity index (χ3v) is 6.03. The van der Waals surface area contributed by atoms with Crippen LogP contribution < -0.4 is 5.30 Å². The molecule has 124 valence electrons. The quantitative estimate of drug-likeness (QED) is 0.145. The summed E-state index contributed by atoms with van der Waals surface area (Å²) in [4.78, 5) is 0. The zero-order valence-corrected chi connectivity index (χ0v) is 19.6. The van der Waals surface area contributed by atoms with Crippen LogP contribution in [0, 0.1) is 6.07 Å². The van der Waals surface area contributed by atoms with Crippen molar-refractivity contribution in [1.29, 1.82) is 0 Å². The molecule has 4 aromatic rings. The Bertz CT molecular complexity index is 937. The number of fused-ring (bicyclic) bond motifs is 4. The standard InChI is InChI=1S/C13H9.C11H12P.Hf/c1-3-7-12-10(5-1)9-11-6-2-4-8-13(11)12;1-12(2)11-7-9-5-3-4-6-10(9)8-11;/h1-5,7-8H,9H2;3-8H,1-2H3;/q2*-1;+4. The van der Waals surface area contributed by atoms with E-state index in [2.05, 4.69) is 92.2 Å². The average molecular weight is 519 g/mol. The van der Waals surface area contributed by atoms with Gasteiger partial charge in [-0.1, -0.05) is 41.5 Å². The molecule has 0 nitrogen and oxygen atoms in total. The predicted molar refractivity (Wildman–Crippen MR) is 111 cm³/mol. The molecule has 0 unspecified atom stereocenters. The molecule has 0 amide bonds. The normalized spacial score (nSPS) is 11.3. The van der Waals surface area contributed by atoms with Gasteiger partial charge in [-0.05, 0) is 19.8 Å². The minimum atomic E-state index is 0. The molecule has 0 spiro atoms. The fourth-order valence-electron chi connectivity index (χ4n) is 3.39. The number of hydrogen-bond donors (Lipinski definition) is 0. The first kappa shape index (κ1) is 19.3. The Balaban J connectivity index is 0.000000146. The zero-order valence-electron chi connectivity index (χ0n) is 15.2. The predicted octanol–water partition coefficient (Wildman–Crippen LogP) is 5.98. The van der Waals surface area contributed by atoms with Gasteiger partial charge in [0.25, 0.3) is 0 Å². The summed E-state index contributed by atoms with van der Waals surface area (Å²) in [5.41, 5.74) is 5.51. The molecule has 0 saturated heterocycles. The Labute approximate surface area is 176 Å². The Kier molecular flexibility index (Phi) is 6.33. The first-order valence-electron chi connectivity index (χ1n) is 8.63. The monoisotopic (exact) mass is 520 g/mol. The molecule has 0 bridgehead atoms. The third kappa shape index (κ3) is 3.95. The fourth-order valence-corrected chi connectivity index (χ4v) is 4.18. The van der Waals surface area contributed by atoms with Crippen LogP contribution in [0.25, 0.3) is 21.9 Å². The smallest absolute Gasteiger partial charge is 0.179 e. The van der Waals surface area contributed by atoms with Crippen molar-refractivity contribution >= 4 is 24.0 Å². The first-order valence-corrected chi connectivity index (χ1v) is 10.9. The summed E-state index contributed by atoms with van der Waals surface area (Å²) in [6, 6.07) is 31.3. The third-order valence-electron chi connectivity index (χ3n) is 4.74. The Morgan fingerprint density at radius 1 is 0.885 bits per heavy atom. The second-order valence-electron chi connectivity index (χ2n) is 6.63. The van der Waals surface area contributed by atoms with Crippen LogP contribution in [0.1, 0.15) is 11.1 Å². The van der Waals surface area contributed by atoms with Gasteiger partial charge in [0.1, 0.15) is 0 Å². The van der Waals surface area contributed by atoms with Crippen LogP contribution in [0.4, 0.5) is 0 Å². The summed E-state index contributed by atoms with van der Waals surface area (Å²) in [7, 11) is 0.0576. The van der Waals surface area contributed by atoms with Crippen LogP contribution in [-0.4, -0.2) is 13.3 Å². The molecule has 0 fully saturated rings. The van der Waals surface area contributed by atoms with E-state index in [0.29, 0.717) is 0 Å². The Morgan fingerprint density at radius 3 is 2.42 bits per heavy atom. The van der Waals surface area contributed by atoms with E-state index in [-0.39, 0.29) is 33.8 Å². The maximum atomic E-state index is 3.30. The van der Waals surface area contributed by atoms with Crippen molar-refractivity contribution < 1.29 is 25.8 Å². The summed E-state index contributed by atoms with van der Waals surface area (Å²) < 4.78 is 0. The maximum absolute atomic E-state index is 3.30. The van der Waals surface area contributed by atoms with Crippen molar-refractivity contribution in [2.45, 2.75) is 6.42 Å². The van der Waals surface area contributed by atoms with Gasteiger partial charge in [0.05, 0.1) is 0 Å². The van der Waals surface area contributed by atoms with E-state index < -0.39 is 0 Å². The largest absolute Gasteiger partial charge is 4.00 e. The van der Waals surface area contributed by atoms with Crippen LogP contribution in [0.15, 0.2) is 78.9 Å². The molecular formula is C24H21HfP+2. The van der Waals surface area contributed by atoms with Gasteiger partial charge in [-0.15, -0.1) is 53.8 Å². The van der Waals surface area contributed by atoms with E-state index in [1.54, 1.807) is 0 Å². The van der Waals surface area contributed by atoms with E-state index in [9.17, 15) is 0 Å². The SMILES string of the molecule is CP(C)c1cc2ccccc2[cH-]1.[Hf+4].[c-]1cccc2c1Cc1ccccc1-2. The molecule has 0 saturated carbocycles. The maximum Gasteiger partial charge on any atom is 4.00 e. The molecule has 0 aromatic heterocycles. The van der Waals surface area contributed by atoms with Crippen molar-refractivity contribution in [3.8, 4) is 11.1 Å². The van der Waals surface area contributed by atoms with E-state index in [1.165, 1.54) is 38.3 Å². The second-order valence-corrected chi connectivity index (χ2v) is 8.94. The van der Waals surface area contributed by atoms with Gasteiger partial charge in [0.15, 0.2) is 0 Å². The molecule has 26 heavy (non-hydrogen) atoms. The van der Waals surface area contributed by atoms with Gasteiger partial charge in [0, 0.05) is 0 Å². The molecular weight excluding hydrogens is 498 g/mol. The molecule has 2 heteroatoms. The van der Waals surface area contributed by atoms with Crippen LogP contribution in [0.3, 0.4) is 0 Å². The molecule has 5 rings (SSSR count). The van der Waals surface area contributed by atoms with Gasteiger partial charge in [-0.25, -0.2) is 0 Å². The number of hydrogen-bond acceptors (Lipinski definition) is 0. The summed E-state index contributed by atoms with van der Waals surface area (Å²) in [6.45, 7) is 4.59. The minimum absolute atomic E-state index is 0. The molecule has 1 aliphatic rings. The molecule has 4 aromatic carbocycles. The number of rotatable bonds is 1. The molecule has 0 heterocycles. The van der Waals surface area contributed by atoms with Gasteiger partial charge in [-0.2, -0.15) is 35.9 Å². The van der Waals surface area contributed by atoms with Crippen molar-refractivity contribution in [2.75, 3.05) is 13.3 Å². The molecule has 0 radical (unpaired) electrons.